The van der Waals surface area contributed by atoms with Crippen molar-refractivity contribution in [2.75, 3.05) is 5.32 Å². The molecule has 1 saturated carbocycles. The molecule has 1 aromatic rings. The normalized spacial score (nSPS) is 20.8. The average molecular weight is 236 g/mol. The fourth-order valence-corrected chi connectivity index (χ4v) is 2.54. The van der Waals surface area contributed by atoms with Crippen LogP contribution in [0.1, 0.15) is 36.2 Å². The quantitative estimate of drug-likeness (QED) is 0.686. The molecule has 0 atom stereocenters. The Bertz CT molecular complexity index is 500. The first kappa shape index (κ1) is 10.2. The van der Waals surface area contributed by atoms with Crippen molar-refractivity contribution < 1.29 is 19.4 Å². The Morgan fingerprint density at radius 2 is 2.12 bits per heavy atom. The number of nitrogens with one attached hydrogen (secondary N) is 2. The van der Waals surface area contributed by atoms with Crippen molar-refractivity contribution in [2.24, 2.45) is 0 Å². The van der Waals surface area contributed by atoms with Crippen LogP contribution in [0, 0.1) is 0 Å². The van der Waals surface area contributed by atoms with Crippen LogP contribution >= 0.6 is 0 Å². The number of carboxylic acids is 1. The molecule has 6 nitrogen and oxygen atoms in total. The highest BCUT2D eigenvalue weighted by Gasteiger charge is 2.47. The minimum atomic E-state index is -1.11. The molecule has 2 aliphatic rings. The van der Waals surface area contributed by atoms with E-state index in [1.54, 1.807) is 0 Å². The van der Waals surface area contributed by atoms with Crippen LogP contribution in [0.2, 0.25) is 0 Å². The lowest BCUT2D eigenvalue weighted by Gasteiger charge is -2.32. The van der Waals surface area contributed by atoms with Crippen LogP contribution in [0.4, 0.5) is 5.69 Å². The fourth-order valence-electron chi connectivity index (χ4n) is 2.54. The SMILES string of the molecule is O=C(O)c1[nH]cc2c1NC(=O)C1(CCCC1)O2. The van der Waals surface area contributed by atoms with Gasteiger partial charge >= 0.3 is 5.97 Å². The summed E-state index contributed by atoms with van der Waals surface area (Å²) >= 11 is 0. The van der Waals surface area contributed by atoms with E-state index in [4.69, 9.17) is 9.84 Å². The third-order valence-electron chi connectivity index (χ3n) is 3.43. The number of hydrogen-bond acceptors (Lipinski definition) is 3. The highest BCUT2D eigenvalue weighted by atomic mass is 16.5. The number of carbonyl (C=O) groups excluding carboxylic acids is 1. The topological polar surface area (TPSA) is 91.4 Å². The van der Waals surface area contributed by atoms with Gasteiger partial charge in [0.2, 0.25) is 0 Å². The van der Waals surface area contributed by atoms with E-state index in [1.165, 1.54) is 6.20 Å². The minimum absolute atomic E-state index is 0.0406. The molecular formula is C11H12N2O4. The van der Waals surface area contributed by atoms with Crippen molar-refractivity contribution in [1.29, 1.82) is 0 Å². The van der Waals surface area contributed by atoms with Crippen molar-refractivity contribution in [2.45, 2.75) is 31.3 Å². The molecule has 90 valence electrons. The van der Waals surface area contributed by atoms with Crippen LogP contribution < -0.4 is 10.1 Å². The zero-order chi connectivity index (χ0) is 12.0. The number of amides is 1. The van der Waals surface area contributed by atoms with E-state index >= 15 is 0 Å². The number of ether oxygens (including phenoxy) is 1. The number of aromatic amines is 1. The highest BCUT2D eigenvalue weighted by Crippen LogP contribution is 2.43. The molecule has 2 heterocycles. The number of carbonyl (C=O) groups is 2. The predicted octanol–water partition coefficient (Wildman–Crippen LogP) is 1.36. The molecule has 0 unspecified atom stereocenters. The summed E-state index contributed by atoms with van der Waals surface area (Å²) in [4.78, 5) is 25.5. The van der Waals surface area contributed by atoms with Crippen LogP contribution in [0.3, 0.4) is 0 Å². The van der Waals surface area contributed by atoms with Crippen LogP contribution in [-0.2, 0) is 4.79 Å². The van der Waals surface area contributed by atoms with Crippen molar-refractivity contribution in [3.63, 3.8) is 0 Å². The number of anilines is 1. The molecule has 17 heavy (non-hydrogen) atoms. The predicted molar refractivity (Wildman–Crippen MR) is 58.2 cm³/mol. The summed E-state index contributed by atoms with van der Waals surface area (Å²) in [5.41, 5.74) is -0.591. The first-order chi connectivity index (χ1) is 8.12. The van der Waals surface area contributed by atoms with Crippen molar-refractivity contribution in [1.82, 2.24) is 4.98 Å². The van der Waals surface area contributed by atoms with Gasteiger partial charge in [0.25, 0.3) is 5.91 Å². The minimum Gasteiger partial charge on any atom is -0.477 e. The second kappa shape index (κ2) is 3.26. The van der Waals surface area contributed by atoms with E-state index in [-0.39, 0.29) is 17.3 Å². The lowest BCUT2D eigenvalue weighted by atomic mass is 9.99. The summed E-state index contributed by atoms with van der Waals surface area (Å²) in [5.74, 6) is -0.925. The molecule has 0 bridgehead atoms. The molecule has 1 fully saturated rings. The molecule has 1 spiro atoms. The summed E-state index contributed by atoms with van der Waals surface area (Å²) in [6, 6.07) is 0. The molecule has 3 rings (SSSR count). The maximum atomic E-state index is 12.0. The highest BCUT2D eigenvalue weighted by molar-refractivity contribution is 6.06. The standard InChI is InChI=1S/C11H12N2O4/c14-9(15)8-7-6(5-12-8)17-11(10(16)13-7)3-1-2-4-11/h5,12H,1-4H2,(H,13,16)(H,14,15). The Hall–Kier alpha value is -1.98. The van der Waals surface area contributed by atoms with Crippen molar-refractivity contribution in [3.8, 4) is 5.75 Å². The number of rotatable bonds is 1. The lowest BCUT2D eigenvalue weighted by molar-refractivity contribution is -0.131. The Labute approximate surface area is 97.0 Å². The van der Waals surface area contributed by atoms with Gasteiger partial charge in [-0.15, -0.1) is 0 Å². The molecule has 0 saturated heterocycles. The summed E-state index contributed by atoms with van der Waals surface area (Å²) in [6.07, 6.45) is 4.77. The second-order valence-electron chi connectivity index (χ2n) is 4.47. The summed E-state index contributed by atoms with van der Waals surface area (Å²) in [6.45, 7) is 0. The largest absolute Gasteiger partial charge is 0.477 e. The van der Waals surface area contributed by atoms with Gasteiger partial charge in [-0.3, -0.25) is 4.79 Å². The Morgan fingerprint density at radius 3 is 2.76 bits per heavy atom. The Morgan fingerprint density at radius 1 is 1.41 bits per heavy atom. The fraction of sp³-hybridized carbons (Fsp3) is 0.455. The van der Waals surface area contributed by atoms with Crippen LogP contribution in [0.5, 0.6) is 5.75 Å². The third kappa shape index (κ3) is 1.33. The van der Waals surface area contributed by atoms with E-state index in [0.717, 1.165) is 12.8 Å². The Kier molecular flexibility index (Phi) is 1.95. The van der Waals surface area contributed by atoms with E-state index in [1.807, 2.05) is 0 Å². The molecule has 1 amide bonds. The summed E-state index contributed by atoms with van der Waals surface area (Å²) in [5, 5.41) is 11.6. The van der Waals surface area contributed by atoms with E-state index in [2.05, 4.69) is 10.3 Å². The molecule has 3 N–H and O–H groups in total. The summed E-state index contributed by atoms with van der Waals surface area (Å²) < 4.78 is 5.72. The van der Waals surface area contributed by atoms with Crippen molar-refractivity contribution >= 4 is 17.6 Å². The van der Waals surface area contributed by atoms with E-state index in [0.29, 0.717) is 18.6 Å². The Balaban J connectivity index is 2.02. The molecule has 0 aromatic carbocycles. The van der Waals surface area contributed by atoms with Gasteiger partial charge in [0.15, 0.2) is 17.0 Å². The number of fused-ring (bicyclic) bond motifs is 1. The maximum Gasteiger partial charge on any atom is 0.354 e. The number of aromatic nitrogens is 1. The van der Waals surface area contributed by atoms with Gasteiger partial charge in [0, 0.05) is 6.20 Å². The molecule has 1 aliphatic carbocycles. The molecule has 0 radical (unpaired) electrons. The average Bonchev–Trinajstić information content (AvgIpc) is 2.87. The molecule has 1 aliphatic heterocycles. The van der Waals surface area contributed by atoms with Crippen LogP contribution in [-0.4, -0.2) is 27.6 Å². The third-order valence-corrected chi connectivity index (χ3v) is 3.43. The van der Waals surface area contributed by atoms with Gasteiger partial charge in [-0.25, -0.2) is 4.79 Å². The zero-order valence-corrected chi connectivity index (χ0v) is 9.08. The monoisotopic (exact) mass is 236 g/mol. The molecule has 1 aromatic heterocycles. The zero-order valence-electron chi connectivity index (χ0n) is 9.08. The second-order valence-corrected chi connectivity index (χ2v) is 4.47. The number of aromatic carboxylic acids is 1. The lowest BCUT2D eigenvalue weighted by Crippen LogP contribution is -2.48. The maximum absolute atomic E-state index is 12.0. The number of H-pyrrole nitrogens is 1. The van der Waals surface area contributed by atoms with E-state index in [9.17, 15) is 9.59 Å². The molecular weight excluding hydrogens is 224 g/mol. The number of carboxylic acid groups (broad SMARTS) is 1. The molecule has 6 heteroatoms. The van der Waals surface area contributed by atoms with Gasteiger partial charge < -0.3 is 20.1 Å². The van der Waals surface area contributed by atoms with Gasteiger partial charge in [-0.1, -0.05) is 0 Å². The van der Waals surface area contributed by atoms with Crippen molar-refractivity contribution in [3.05, 3.63) is 11.9 Å². The smallest absolute Gasteiger partial charge is 0.354 e. The van der Waals surface area contributed by atoms with Gasteiger partial charge in [-0.05, 0) is 25.7 Å². The van der Waals surface area contributed by atoms with E-state index < -0.39 is 11.6 Å². The van der Waals surface area contributed by atoms with Gasteiger partial charge in [0.05, 0.1) is 0 Å². The van der Waals surface area contributed by atoms with Gasteiger partial charge in [0.1, 0.15) is 5.69 Å². The van der Waals surface area contributed by atoms with Crippen LogP contribution in [0.15, 0.2) is 6.20 Å². The number of hydrogen-bond donors (Lipinski definition) is 3. The first-order valence-electron chi connectivity index (χ1n) is 5.57. The first-order valence-corrected chi connectivity index (χ1v) is 5.57. The van der Waals surface area contributed by atoms with Gasteiger partial charge in [-0.2, -0.15) is 0 Å². The van der Waals surface area contributed by atoms with Crippen LogP contribution in [0.25, 0.3) is 0 Å². The summed E-state index contributed by atoms with van der Waals surface area (Å²) in [7, 11) is 0.